The highest BCUT2D eigenvalue weighted by molar-refractivity contribution is 5.50. The Morgan fingerprint density at radius 2 is 1.74 bits per heavy atom. The van der Waals surface area contributed by atoms with E-state index in [1.807, 2.05) is 24.3 Å². The van der Waals surface area contributed by atoms with Gasteiger partial charge in [0.05, 0.1) is 11.6 Å². The summed E-state index contributed by atoms with van der Waals surface area (Å²) >= 11 is 0. The molecule has 0 unspecified atom stereocenters. The first-order chi connectivity index (χ1) is 9.19. The molecule has 4 nitrogen and oxygen atoms in total. The zero-order chi connectivity index (χ0) is 13.7. The highest BCUT2D eigenvalue weighted by atomic mass is 15.3. The van der Waals surface area contributed by atoms with E-state index in [0.29, 0.717) is 0 Å². The van der Waals surface area contributed by atoms with E-state index >= 15 is 0 Å². The molecule has 0 saturated carbocycles. The van der Waals surface area contributed by atoms with Gasteiger partial charge in [0.1, 0.15) is 0 Å². The van der Waals surface area contributed by atoms with Crippen molar-refractivity contribution in [3.63, 3.8) is 0 Å². The van der Waals surface area contributed by atoms with E-state index in [2.05, 4.69) is 34.9 Å². The zero-order valence-electron chi connectivity index (χ0n) is 11.8. The molecule has 0 amide bonds. The summed E-state index contributed by atoms with van der Waals surface area (Å²) in [4.78, 5) is 7.14. The highest BCUT2D eigenvalue weighted by Crippen LogP contribution is 2.16. The fourth-order valence-corrected chi connectivity index (χ4v) is 2.32. The summed E-state index contributed by atoms with van der Waals surface area (Å²) in [7, 11) is 4.24. The lowest BCUT2D eigenvalue weighted by atomic mass is 10.2. The average molecular weight is 258 g/mol. The summed E-state index contributed by atoms with van der Waals surface area (Å²) in [5.74, 6) is 0. The van der Waals surface area contributed by atoms with E-state index in [4.69, 9.17) is 5.26 Å². The molecule has 1 aliphatic rings. The van der Waals surface area contributed by atoms with Gasteiger partial charge in [0, 0.05) is 45.0 Å². The van der Waals surface area contributed by atoms with Crippen LogP contribution in [0.1, 0.15) is 5.56 Å². The summed E-state index contributed by atoms with van der Waals surface area (Å²) in [6, 6.07) is 10.1. The van der Waals surface area contributed by atoms with Crippen LogP contribution in [0.5, 0.6) is 0 Å². The first-order valence-electron chi connectivity index (χ1n) is 6.81. The van der Waals surface area contributed by atoms with Gasteiger partial charge in [-0.05, 0) is 38.4 Å². The number of hydrogen-bond acceptors (Lipinski definition) is 4. The van der Waals surface area contributed by atoms with Gasteiger partial charge in [-0.2, -0.15) is 5.26 Å². The third-order valence-electron chi connectivity index (χ3n) is 3.60. The van der Waals surface area contributed by atoms with E-state index in [0.717, 1.165) is 44.8 Å². The van der Waals surface area contributed by atoms with Gasteiger partial charge < -0.3 is 9.80 Å². The summed E-state index contributed by atoms with van der Waals surface area (Å²) in [5, 5.41) is 8.80. The first-order valence-corrected chi connectivity index (χ1v) is 6.81. The zero-order valence-corrected chi connectivity index (χ0v) is 11.8. The fraction of sp³-hybridized carbons (Fsp3) is 0.533. The van der Waals surface area contributed by atoms with E-state index in [1.165, 1.54) is 5.69 Å². The molecule has 0 aromatic heterocycles. The molecule has 2 rings (SSSR count). The van der Waals surface area contributed by atoms with Crippen molar-refractivity contribution >= 4 is 5.69 Å². The third kappa shape index (κ3) is 3.95. The van der Waals surface area contributed by atoms with Gasteiger partial charge in [-0.15, -0.1) is 0 Å². The van der Waals surface area contributed by atoms with Crippen molar-refractivity contribution in [2.45, 2.75) is 0 Å². The lowest BCUT2D eigenvalue weighted by molar-refractivity contribution is 0.229. The van der Waals surface area contributed by atoms with Crippen LogP contribution >= 0.6 is 0 Å². The second-order valence-electron chi connectivity index (χ2n) is 5.29. The van der Waals surface area contributed by atoms with Gasteiger partial charge >= 0.3 is 0 Å². The molecule has 1 saturated heterocycles. The van der Waals surface area contributed by atoms with Gasteiger partial charge in [-0.1, -0.05) is 0 Å². The van der Waals surface area contributed by atoms with Crippen molar-refractivity contribution in [3.05, 3.63) is 29.8 Å². The second kappa shape index (κ2) is 6.55. The molecule has 1 aromatic rings. The third-order valence-corrected chi connectivity index (χ3v) is 3.60. The minimum absolute atomic E-state index is 0.730. The Morgan fingerprint density at radius 1 is 1.11 bits per heavy atom. The van der Waals surface area contributed by atoms with Crippen LogP contribution in [-0.4, -0.2) is 63.2 Å². The van der Waals surface area contributed by atoms with Crippen LogP contribution in [0.2, 0.25) is 0 Å². The molecule has 1 fully saturated rings. The number of nitriles is 1. The fourth-order valence-electron chi connectivity index (χ4n) is 2.32. The molecule has 1 heterocycles. The van der Waals surface area contributed by atoms with Crippen molar-refractivity contribution in [2.24, 2.45) is 0 Å². The van der Waals surface area contributed by atoms with E-state index in [-0.39, 0.29) is 0 Å². The maximum Gasteiger partial charge on any atom is 0.0991 e. The van der Waals surface area contributed by atoms with Crippen molar-refractivity contribution in [3.8, 4) is 6.07 Å². The molecule has 0 spiro atoms. The summed E-state index contributed by atoms with van der Waals surface area (Å²) in [5.41, 5.74) is 1.96. The molecular weight excluding hydrogens is 236 g/mol. The molecule has 1 aliphatic heterocycles. The van der Waals surface area contributed by atoms with Gasteiger partial charge in [0.25, 0.3) is 0 Å². The van der Waals surface area contributed by atoms with Crippen molar-refractivity contribution < 1.29 is 0 Å². The molecule has 19 heavy (non-hydrogen) atoms. The quantitative estimate of drug-likeness (QED) is 0.813. The normalized spacial score (nSPS) is 16.6. The maximum absolute atomic E-state index is 8.80. The molecule has 4 heteroatoms. The van der Waals surface area contributed by atoms with Crippen LogP contribution in [0.3, 0.4) is 0 Å². The van der Waals surface area contributed by atoms with Gasteiger partial charge in [-0.3, -0.25) is 4.90 Å². The van der Waals surface area contributed by atoms with E-state index < -0.39 is 0 Å². The van der Waals surface area contributed by atoms with Crippen LogP contribution in [0, 0.1) is 11.3 Å². The minimum Gasteiger partial charge on any atom is -0.369 e. The van der Waals surface area contributed by atoms with Crippen LogP contribution in [-0.2, 0) is 0 Å². The van der Waals surface area contributed by atoms with Crippen LogP contribution in [0.15, 0.2) is 24.3 Å². The van der Waals surface area contributed by atoms with Crippen LogP contribution in [0.4, 0.5) is 5.69 Å². The van der Waals surface area contributed by atoms with E-state index in [1.54, 1.807) is 0 Å². The molecule has 0 aliphatic carbocycles. The minimum atomic E-state index is 0.730. The smallest absolute Gasteiger partial charge is 0.0991 e. The Kier molecular flexibility index (Phi) is 4.78. The molecule has 0 N–H and O–H groups in total. The number of rotatable bonds is 4. The molecule has 0 radical (unpaired) electrons. The predicted octanol–water partition coefficient (Wildman–Crippen LogP) is 1.24. The highest BCUT2D eigenvalue weighted by Gasteiger charge is 2.16. The number of nitrogens with zero attached hydrogens (tertiary/aromatic N) is 4. The van der Waals surface area contributed by atoms with Gasteiger partial charge in [0.15, 0.2) is 0 Å². The number of hydrogen-bond donors (Lipinski definition) is 0. The number of piperazine rings is 1. The molecular formula is C15H22N4. The SMILES string of the molecule is CN(C)CCN1CCN(c2ccc(C#N)cc2)CC1. The van der Waals surface area contributed by atoms with Crippen molar-refractivity contribution in [2.75, 3.05) is 58.3 Å². The first kappa shape index (κ1) is 13.9. The lowest BCUT2D eigenvalue weighted by Gasteiger charge is -2.36. The summed E-state index contributed by atoms with van der Waals surface area (Å²) < 4.78 is 0. The number of benzene rings is 1. The summed E-state index contributed by atoms with van der Waals surface area (Å²) in [6.45, 7) is 6.64. The molecule has 102 valence electrons. The number of likely N-dealkylation sites (N-methyl/N-ethyl adjacent to an activating group) is 1. The van der Waals surface area contributed by atoms with Gasteiger partial charge in [-0.25, -0.2) is 0 Å². The van der Waals surface area contributed by atoms with Crippen molar-refractivity contribution in [1.82, 2.24) is 9.80 Å². The summed E-state index contributed by atoms with van der Waals surface area (Å²) in [6.07, 6.45) is 0. The van der Waals surface area contributed by atoms with Gasteiger partial charge in [0.2, 0.25) is 0 Å². The standard InChI is InChI=1S/C15H22N4/c1-17(2)7-8-18-9-11-19(12-10-18)15-5-3-14(13-16)4-6-15/h3-6H,7-12H2,1-2H3. The van der Waals surface area contributed by atoms with E-state index in [9.17, 15) is 0 Å². The Morgan fingerprint density at radius 3 is 2.26 bits per heavy atom. The van der Waals surface area contributed by atoms with Crippen molar-refractivity contribution in [1.29, 1.82) is 5.26 Å². The Balaban J connectivity index is 1.84. The average Bonchev–Trinajstić information content (AvgIpc) is 2.46. The van der Waals surface area contributed by atoms with Crippen LogP contribution in [0.25, 0.3) is 0 Å². The molecule has 0 bridgehead atoms. The monoisotopic (exact) mass is 258 g/mol. The molecule has 0 atom stereocenters. The Labute approximate surface area is 115 Å². The number of anilines is 1. The predicted molar refractivity (Wildman–Crippen MR) is 78.4 cm³/mol. The molecule has 1 aromatic carbocycles. The second-order valence-corrected chi connectivity index (χ2v) is 5.29. The Hall–Kier alpha value is -1.57. The largest absolute Gasteiger partial charge is 0.369 e. The lowest BCUT2D eigenvalue weighted by Crippen LogP contribution is -2.48. The topological polar surface area (TPSA) is 33.5 Å². The van der Waals surface area contributed by atoms with Crippen LogP contribution < -0.4 is 4.90 Å². The maximum atomic E-state index is 8.80. The Bertz CT molecular complexity index is 424.